The van der Waals surface area contributed by atoms with Crippen LogP contribution in [0.3, 0.4) is 0 Å². The molecule has 10 nitrogen and oxygen atoms in total. The Bertz CT molecular complexity index is 1120. The van der Waals surface area contributed by atoms with E-state index in [9.17, 15) is 9.59 Å². The molecule has 0 saturated heterocycles. The summed E-state index contributed by atoms with van der Waals surface area (Å²) in [5.41, 5.74) is 0.446. The minimum Gasteiger partial charge on any atom is -0.376 e. The molecule has 1 saturated carbocycles. The molecule has 0 spiro atoms. The van der Waals surface area contributed by atoms with Crippen molar-refractivity contribution < 1.29 is 9.53 Å². The quantitative estimate of drug-likeness (QED) is 0.497. The van der Waals surface area contributed by atoms with E-state index in [1.165, 1.54) is 6.20 Å². The lowest BCUT2D eigenvalue weighted by Crippen LogP contribution is -2.59. The highest BCUT2D eigenvalue weighted by atomic mass is 16.5. The third-order valence-electron chi connectivity index (χ3n) is 5.49. The summed E-state index contributed by atoms with van der Waals surface area (Å²) in [5.74, 6) is 0.769. The maximum atomic E-state index is 12.9. The lowest BCUT2D eigenvalue weighted by molar-refractivity contribution is -0.0828. The van der Waals surface area contributed by atoms with Gasteiger partial charge in [-0.3, -0.25) is 9.59 Å². The minimum atomic E-state index is -0.358. The number of ether oxygens (including phenoxy) is 1. The van der Waals surface area contributed by atoms with Crippen LogP contribution in [-0.2, 0) is 4.74 Å². The summed E-state index contributed by atoms with van der Waals surface area (Å²) >= 11 is 0. The predicted octanol–water partition coefficient (Wildman–Crippen LogP) is 1.50. The van der Waals surface area contributed by atoms with Crippen molar-refractivity contribution in [2.75, 3.05) is 24.8 Å². The molecule has 4 rings (SSSR count). The lowest BCUT2D eigenvalue weighted by atomic mass is 9.76. The van der Waals surface area contributed by atoms with Crippen LogP contribution in [0, 0.1) is 0 Å². The molecule has 3 aromatic rings. The topological polar surface area (TPSA) is 125 Å². The van der Waals surface area contributed by atoms with Crippen LogP contribution in [0.1, 0.15) is 30.1 Å². The number of amides is 1. The van der Waals surface area contributed by atoms with Gasteiger partial charge in [-0.1, -0.05) is 0 Å². The number of aromatic amines is 1. The van der Waals surface area contributed by atoms with Gasteiger partial charge in [-0.05, 0) is 31.9 Å². The fourth-order valence-corrected chi connectivity index (χ4v) is 3.42. The highest BCUT2D eigenvalue weighted by Crippen LogP contribution is 2.35. The van der Waals surface area contributed by atoms with Crippen LogP contribution in [0.2, 0.25) is 0 Å². The van der Waals surface area contributed by atoms with Crippen molar-refractivity contribution in [1.82, 2.24) is 24.9 Å². The molecule has 3 heterocycles. The van der Waals surface area contributed by atoms with Crippen LogP contribution in [0.15, 0.2) is 35.4 Å². The van der Waals surface area contributed by atoms with Gasteiger partial charge in [0.05, 0.1) is 17.8 Å². The standard InChI is InChI=1S/C19H23N7O3/c1-19(29-3)7-6-13(19)24-17(27)11-10-22-26-15(20-2)9-14(25-16(11)26)23-12-5-4-8-21-18(12)28/h4-5,8-10,13,20H,6-7H2,1-3H3,(H,21,28)(H,23,25)(H,24,27)/t13-,19-/m1/s1. The molecule has 152 valence electrons. The smallest absolute Gasteiger partial charge is 0.271 e. The van der Waals surface area contributed by atoms with Gasteiger partial charge in [0.15, 0.2) is 5.65 Å². The Hall–Kier alpha value is -3.40. The molecule has 0 unspecified atom stereocenters. The predicted molar refractivity (Wildman–Crippen MR) is 109 cm³/mol. The van der Waals surface area contributed by atoms with E-state index in [2.05, 4.69) is 31.0 Å². The number of H-pyrrole nitrogens is 1. The summed E-state index contributed by atoms with van der Waals surface area (Å²) < 4.78 is 7.07. The van der Waals surface area contributed by atoms with E-state index < -0.39 is 0 Å². The molecule has 1 fully saturated rings. The Morgan fingerprint density at radius 2 is 2.28 bits per heavy atom. The highest BCUT2D eigenvalue weighted by Gasteiger charge is 2.44. The van der Waals surface area contributed by atoms with Crippen molar-refractivity contribution in [3.8, 4) is 0 Å². The Morgan fingerprint density at radius 1 is 1.45 bits per heavy atom. The Morgan fingerprint density at radius 3 is 2.93 bits per heavy atom. The SMILES string of the molecule is CNc1cc(Nc2ccc[nH]c2=O)nc2c(C(=O)N[C@@H]3CC[C@@]3(C)OC)cnn12. The van der Waals surface area contributed by atoms with Crippen LogP contribution >= 0.6 is 0 Å². The third-order valence-corrected chi connectivity index (χ3v) is 5.49. The van der Waals surface area contributed by atoms with Crippen LogP contribution in [0.5, 0.6) is 0 Å². The first-order valence-electron chi connectivity index (χ1n) is 9.32. The summed E-state index contributed by atoms with van der Waals surface area (Å²) in [7, 11) is 3.39. The van der Waals surface area contributed by atoms with E-state index in [4.69, 9.17) is 4.74 Å². The van der Waals surface area contributed by atoms with Gasteiger partial charge in [-0.2, -0.15) is 9.61 Å². The van der Waals surface area contributed by atoms with Gasteiger partial charge in [-0.25, -0.2) is 4.98 Å². The van der Waals surface area contributed by atoms with E-state index in [-0.39, 0.29) is 23.1 Å². The fraction of sp³-hybridized carbons (Fsp3) is 0.368. The van der Waals surface area contributed by atoms with Gasteiger partial charge >= 0.3 is 0 Å². The molecular weight excluding hydrogens is 374 g/mol. The molecule has 4 N–H and O–H groups in total. The number of aromatic nitrogens is 4. The van der Waals surface area contributed by atoms with Crippen LogP contribution in [0.25, 0.3) is 5.65 Å². The number of nitrogens with zero attached hydrogens (tertiary/aromatic N) is 3. The van der Waals surface area contributed by atoms with Gasteiger partial charge in [0.25, 0.3) is 11.5 Å². The van der Waals surface area contributed by atoms with E-state index >= 15 is 0 Å². The van der Waals surface area contributed by atoms with E-state index in [1.807, 2.05) is 6.92 Å². The molecule has 0 aromatic carbocycles. The van der Waals surface area contributed by atoms with E-state index in [1.54, 1.807) is 43.1 Å². The second-order valence-electron chi connectivity index (χ2n) is 7.19. The first kappa shape index (κ1) is 18.9. The van der Waals surface area contributed by atoms with E-state index in [0.717, 1.165) is 12.8 Å². The molecule has 29 heavy (non-hydrogen) atoms. The molecule has 1 amide bonds. The Labute approximate surface area is 166 Å². The highest BCUT2D eigenvalue weighted by molar-refractivity contribution is 6.00. The fourth-order valence-electron chi connectivity index (χ4n) is 3.42. The second-order valence-corrected chi connectivity index (χ2v) is 7.19. The second kappa shape index (κ2) is 7.21. The molecule has 3 aromatic heterocycles. The maximum Gasteiger partial charge on any atom is 0.271 e. The molecule has 2 atom stereocenters. The Kier molecular flexibility index (Phi) is 4.71. The number of hydrogen-bond donors (Lipinski definition) is 4. The zero-order valence-corrected chi connectivity index (χ0v) is 16.4. The maximum absolute atomic E-state index is 12.9. The van der Waals surface area contributed by atoms with Crippen molar-refractivity contribution in [3.05, 3.63) is 46.5 Å². The number of fused-ring (bicyclic) bond motifs is 1. The van der Waals surface area contributed by atoms with E-state index in [0.29, 0.717) is 28.5 Å². The number of anilines is 3. The third kappa shape index (κ3) is 3.31. The molecule has 10 heteroatoms. The van der Waals surface area contributed by atoms with Gasteiger partial charge in [0.1, 0.15) is 22.9 Å². The van der Waals surface area contributed by atoms with Gasteiger partial charge < -0.3 is 25.7 Å². The number of pyridine rings is 1. The molecule has 1 aliphatic rings. The minimum absolute atomic E-state index is 0.0668. The molecule has 0 bridgehead atoms. The van der Waals surface area contributed by atoms with Gasteiger partial charge in [0.2, 0.25) is 0 Å². The summed E-state index contributed by atoms with van der Waals surface area (Å²) in [5, 5.41) is 13.3. The van der Waals surface area contributed by atoms with Crippen LogP contribution in [0.4, 0.5) is 17.3 Å². The number of methoxy groups -OCH3 is 1. The number of rotatable bonds is 6. The van der Waals surface area contributed by atoms with Crippen molar-refractivity contribution in [1.29, 1.82) is 0 Å². The molecule has 1 aliphatic carbocycles. The zero-order valence-electron chi connectivity index (χ0n) is 16.4. The lowest BCUT2D eigenvalue weighted by Gasteiger charge is -2.45. The normalized spacial score (nSPS) is 20.9. The molecular formula is C19H23N7O3. The van der Waals surface area contributed by atoms with Crippen molar-refractivity contribution >= 4 is 28.9 Å². The van der Waals surface area contributed by atoms with Gasteiger partial charge in [0, 0.05) is 26.4 Å². The Balaban J connectivity index is 1.68. The zero-order chi connectivity index (χ0) is 20.6. The number of carbonyl (C=O) groups excluding carboxylic acids is 1. The largest absolute Gasteiger partial charge is 0.376 e. The van der Waals surface area contributed by atoms with Crippen LogP contribution in [-0.4, -0.2) is 51.3 Å². The summed E-state index contributed by atoms with van der Waals surface area (Å²) in [6.45, 7) is 1.98. The summed E-state index contributed by atoms with van der Waals surface area (Å²) in [6.07, 6.45) is 4.79. The van der Waals surface area contributed by atoms with Crippen LogP contribution < -0.4 is 21.5 Å². The first-order chi connectivity index (χ1) is 13.9. The molecule has 0 aliphatic heterocycles. The monoisotopic (exact) mass is 397 g/mol. The average Bonchev–Trinajstić information content (AvgIpc) is 3.15. The number of hydrogen-bond acceptors (Lipinski definition) is 7. The number of nitrogens with one attached hydrogen (secondary N) is 4. The van der Waals surface area contributed by atoms with Crippen molar-refractivity contribution in [2.45, 2.75) is 31.4 Å². The number of carbonyl (C=O) groups is 1. The van der Waals surface area contributed by atoms with Gasteiger partial charge in [-0.15, -0.1) is 0 Å². The molecule has 0 radical (unpaired) electrons. The summed E-state index contributed by atoms with van der Waals surface area (Å²) in [6, 6.07) is 5.01. The van der Waals surface area contributed by atoms with Crippen molar-refractivity contribution in [3.63, 3.8) is 0 Å². The average molecular weight is 397 g/mol. The van der Waals surface area contributed by atoms with Crippen molar-refractivity contribution in [2.24, 2.45) is 0 Å². The first-order valence-corrected chi connectivity index (χ1v) is 9.32. The summed E-state index contributed by atoms with van der Waals surface area (Å²) in [4.78, 5) is 32.0.